The molecule has 0 N–H and O–H groups in total. The Morgan fingerprint density at radius 2 is 1.85 bits per heavy atom. The van der Waals surface area contributed by atoms with Gasteiger partial charge in [-0.15, -0.1) is 0 Å². The lowest BCUT2D eigenvalue weighted by molar-refractivity contribution is 0.0724. The Labute approximate surface area is 165 Å². The first-order valence-corrected chi connectivity index (χ1v) is 8.77. The summed E-state index contributed by atoms with van der Waals surface area (Å²) in [6.07, 6.45) is 3.21. The first-order chi connectivity index (χ1) is 12.9. The van der Waals surface area contributed by atoms with Gasteiger partial charge in [0.15, 0.2) is 0 Å². The van der Waals surface area contributed by atoms with Crippen LogP contribution in [0, 0.1) is 11.6 Å². The third kappa shape index (κ3) is 4.81. The van der Waals surface area contributed by atoms with Crippen molar-refractivity contribution >= 4 is 29.1 Å². The van der Waals surface area contributed by atoms with E-state index in [1.165, 1.54) is 4.90 Å². The summed E-state index contributed by atoms with van der Waals surface area (Å²) in [5, 5.41) is 0.844. The molecule has 3 rings (SSSR count). The molecule has 0 fully saturated rings. The van der Waals surface area contributed by atoms with Crippen LogP contribution in [0.4, 0.5) is 8.78 Å². The molecule has 0 aliphatic heterocycles. The number of halogens is 4. The molecule has 1 amide bonds. The van der Waals surface area contributed by atoms with Gasteiger partial charge in [0.1, 0.15) is 11.6 Å². The van der Waals surface area contributed by atoms with E-state index in [-0.39, 0.29) is 18.7 Å². The van der Waals surface area contributed by atoms with Gasteiger partial charge in [-0.05, 0) is 47.5 Å². The average Bonchev–Trinajstić information content (AvgIpc) is 2.65. The van der Waals surface area contributed by atoms with Crippen LogP contribution in [-0.2, 0) is 13.1 Å². The first kappa shape index (κ1) is 19.3. The fourth-order valence-electron chi connectivity index (χ4n) is 2.60. The molecule has 138 valence electrons. The summed E-state index contributed by atoms with van der Waals surface area (Å²) in [7, 11) is 0. The van der Waals surface area contributed by atoms with Crippen LogP contribution in [0.15, 0.2) is 60.9 Å². The first-order valence-electron chi connectivity index (χ1n) is 8.01. The zero-order chi connectivity index (χ0) is 19.4. The Balaban J connectivity index is 1.96. The van der Waals surface area contributed by atoms with Crippen LogP contribution in [0.1, 0.15) is 21.5 Å². The predicted molar refractivity (Wildman–Crippen MR) is 101 cm³/mol. The summed E-state index contributed by atoms with van der Waals surface area (Å²) in [5.41, 5.74) is 1.03. The minimum absolute atomic E-state index is 0.0969. The second kappa shape index (κ2) is 8.46. The van der Waals surface area contributed by atoms with E-state index in [0.29, 0.717) is 15.6 Å². The van der Waals surface area contributed by atoms with E-state index in [9.17, 15) is 13.6 Å². The molecule has 0 atom stereocenters. The molecule has 0 spiro atoms. The van der Waals surface area contributed by atoms with Crippen molar-refractivity contribution in [3.63, 3.8) is 0 Å². The maximum Gasteiger partial charge on any atom is 0.257 e. The van der Waals surface area contributed by atoms with Crippen LogP contribution in [-0.4, -0.2) is 15.8 Å². The third-order valence-electron chi connectivity index (χ3n) is 3.92. The fourth-order valence-corrected chi connectivity index (χ4v) is 3.07. The van der Waals surface area contributed by atoms with Gasteiger partial charge in [0.05, 0.1) is 5.56 Å². The summed E-state index contributed by atoms with van der Waals surface area (Å²) in [5.74, 6) is -2.13. The summed E-state index contributed by atoms with van der Waals surface area (Å²) in [4.78, 5) is 18.3. The number of aromatic nitrogens is 1. The van der Waals surface area contributed by atoms with E-state index in [2.05, 4.69) is 4.98 Å². The van der Waals surface area contributed by atoms with Crippen LogP contribution in [0.5, 0.6) is 0 Å². The number of pyridine rings is 1. The number of hydrogen-bond acceptors (Lipinski definition) is 2. The van der Waals surface area contributed by atoms with Gasteiger partial charge < -0.3 is 4.90 Å². The molecule has 0 bridgehead atoms. The van der Waals surface area contributed by atoms with Crippen LogP contribution in [0.25, 0.3) is 0 Å². The largest absolute Gasteiger partial charge is 0.330 e. The van der Waals surface area contributed by atoms with Gasteiger partial charge in [0.2, 0.25) is 0 Å². The highest BCUT2D eigenvalue weighted by atomic mass is 35.5. The Bertz CT molecular complexity index is 967. The molecule has 1 aromatic heterocycles. The molecular formula is C20H14Cl2F2N2O. The van der Waals surface area contributed by atoms with E-state index < -0.39 is 17.5 Å². The van der Waals surface area contributed by atoms with Crippen molar-refractivity contribution < 1.29 is 13.6 Å². The maximum atomic E-state index is 14.1. The van der Waals surface area contributed by atoms with Crippen LogP contribution in [0.2, 0.25) is 10.0 Å². The SMILES string of the molecule is O=C(c1cc(F)ccc1F)N(Cc1cccnc1)Cc1ccc(Cl)cc1Cl. The summed E-state index contributed by atoms with van der Waals surface area (Å²) in [6, 6.07) is 11.2. The lowest BCUT2D eigenvalue weighted by Gasteiger charge is -2.24. The smallest absolute Gasteiger partial charge is 0.257 e. The molecule has 3 nitrogen and oxygen atoms in total. The van der Waals surface area contributed by atoms with Crippen LogP contribution >= 0.6 is 23.2 Å². The summed E-state index contributed by atoms with van der Waals surface area (Å²) >= 11 is 12.1. The average molecular weight is 407 g/mol. The molecule has 1 heterocycles. The van der Waals surface area contributed by atoms with Crippen molar-refractivity contribution in [2.24, 2.45) is 0 Å². The lowest BCUT2D eigenvalue weighted by Crippen LogP contribution is -2.31. The van der Waals surface area contributed by atoms with Crippen molar-refractivity contribution in [3.05, 3.63) is 99.3 Å². The standard InChI is InChI=1S/C20H14Cl2F2N2O/c21-15-4-3-14(18(22)8-15)12-26(11-13-2-1-7-25-10-13)20(27)17-9-16(23)5-6-19(17)24/h1-10H,11-12H2. The van der Waals surface area contributed by atoms with E-state index >= 15 is 0 Å². The number of rotatable bonds is 5. The molecule has 7 heteroatoms. The molecule has 3 aromatic rings. The van der Waals surface area contributed by atoms with Gasteiger partial charge in [0.25, 0.3) is 5.91 Å². The van der Waals surface area contributed by atoms with Crippen LogP contribution in [0.3, 0.4) is 0 Å². The molecule has 0 aliphatic carbocycles. The van der Waals surface area contributed by atoms with Crippen molar-refractivity contribution in [2.45, 2.75) is 13.1 Å². The molecule has 0 saturated heterocycles. The highest BCUT2D eigenvalue weighted by molar-refractivity contribution is 6.35. The minimum atomic E-state index is -0.792. The summed E-state index contributed by atoms with van der Waals surface area (Å²) in [6.45, 7) is 0.251. The maximum absolute atomic E-state index is 14.1. The second-order valence-corrected chi connectivity index (χ2v) is 6.73. The van der Waals surface area contributed by atoms with E-state index in [1.807, 2.05) is 0 Å². The Hall–Kier alpha value is -2.50. The van der Waals surface area contributed by atoms with Gasteiger partial charge in [0, 0.05) is 35.5 Å². The number of carbonyl (C=O) groups is 1. The predicted octanol–water partition coefficient (Wildman–Crippen LogP) is 5.51. The molecule has 0 radical (unpaired) electrons. The van der Waals surface area contributed by atoms with Crippen molar-refractivity contribution in [3.8, 4) is 0 Å². The summed E-state index contributed by atoms with van der Waals surface area (Å²) < 4.78 is 27.7. The lowest BCUT2D eigenvalue weighted by atomic mass is 10.1. The zero-order valence-corrected chi connectivity index (χ0v) is 15.5. The monoisotopic (exact) mass is 406 g/mol. The van der Waals surface area contributed by atoms with E-state index in [0.717, 1.165) is 23.8 Å². The van der Waals surface area contributed by atoms with Crippen molar-refractivity contribution in [1.29, 1.82) is 0 Å². The van der Waals surface area contributed by atoms with E-state index in [4.69, 9.17) is 23.2 Å². The number of carbonyl (C=O) groups excluding carboxylic acids is 1. The van der Waals surface area contributed by atoms with Gasteiger partial charge in [-0.25, -0.2) is 8.78 Å². The number of amides is 1. The van der Waals surface area contributed by atoms with Crippen molar-refractivity contribution in [1.82, 2.24) is 9.88 Å². The fraction of sp³-hybridized carbons (Fsp3) is 0.100. The van der Waals surface area contributed by atoms with E-state index in [1.54, 1.807) is 42.7 Å². The number of nitrogens with zero attached hydrogens (tertiary/aromatic N) is 2. The van der Waals surface area contributed by atoms with Gasteiger partial charge >= 0.3 is 0 Å². The molecule has 2 aromatic carbocycles. The molecular weight excluding hydrogens is 393 g/mol. The number of benzene rings is 2. The highest BCUT2D eigenvalue weighted by Crippen LogP contribution is 2.24. The topological polar surface area (TPSA) is 33.2 Å². The molecule has 27 heavy (non-hydrogen) atoms. The minimum Gasteiger partial charge on any atom is -0.330 e. The van der Waals surface area contributed by atoms with Crippen LogP contribution < -0.4 is 0 Å². The van der Waals surface area contributed by atoms with Gasteiger partial charge in [-0.1, -0.05) is 35.3 Å². The molecule has 0 saturated carbocycles. The Morgan fingerprint density at radius 3 is 2.56 bits per heavy atom. The third-order valence-corrected chi connectivity index (χ3v) is 4.51. The quantitative estimate of drug-likeness (QED) is 0.559. The normalized spacial score (nSPS) is 10.7. The molecule has 0 aliphatic rings. The number of hydrogen-bond donors (Lipinski definition) is 0. The highest BCUT2D eigenvalue weighted by Gasteiger charge is 2.21. The Kier molecular flexibility index (Phi) is 6.04. The second-order valence-electron chi connectivity index (χ2n) is 5.88. The Morgan fingerprint density at radius 1 is 1.04 bits per heavy atom. The van der Waals surface area contributed by atoms with Gasteiger partial charge in [-0.3, -0.25) is 9.78 Å². The van der Waals surface area contributed by atoms with Crippen molar-refractivity contribution in [2.75, 3.05) is 0 Å². The van der Waals surface area contributed by atoms with Gasteiger partial charge in [-0.2, -0.15) is 0 Å². The zero-order valence-electron chi connectivity index (χ0n) is 14.0. The molecule has 0 unspecified atom stereocenters.